The number of nitrogens with one attached hydrogen (secondary N) is 1. The molecule has 0 bridgehead atoms. The molecule has 4 nitrogen and oxygen atoms in total. The van der Waals surface area contributed by atoms with Crippen LogP contribution in [-0.4, -0.2) is 17.4 Å². The van der Waals surface area contributed by atoms with E-state index in [0.717, 1.165) is 5.56 Å². The standard InChI is InChI=1S/C17H19Cl2NO3/c1-8(2)17(5)15(23-10(4)21)14(16(22)20-17)13-9(3)6-11(18)7-12(13)19/h6-8H,1-5H3,(H,20,22). The second kappa shape index (κ2) is 6.17. The Morgan fingerprint density at radius 3 is 2.39 bits per heavy atom. The number of aryl methyl sites for hydroxylation is 1. The van der Waals surface area contributed by atoms with Crippen LogP contribution >= 0.6 is 23.2 Å². The summed E-state index contributed by atoms with van der Waals surface area (Å²) in [5.74, 6) is -0.476. The van der Waals surface area contributed by atoms with Gasteiger partial charge in [0.25, 0.3) is 5.91 Å². The largest absolute Gasteiger partial charge is 0.428 e. The molecule has 1 aliphatic heterocycles. The highest BCUT2D eigenvalue weighted by molar-refractivity contribution is 6.38. The van der Waals surface area contributed by atoms with Crippen molar-refractivity contribution in [2.45, 2.75) is 40.2 Å². The van der Waals surface area contributed by atoms with Crippen molar-refractivity contribution in [2.75, 3.05) is 0 Å². The van der Waals surface area contributed by atoms with Crippen molar-refractivity contribution in [3.05, 3.63) is 39.1 Å². The molecule has 1 unspecified atom stereocenters. The number of carbonyl (C=O) groups excluding carboxylic acids is 2. The first-order valence-corrected chi connectivity index (χ1v) is 8.05. The van der Waals surface area contributed by atoms with E-state index in [1.807, 2.05) is 27.7 Å². The Labute approximate surface area is 145 Å². The van der Waals surface area contributed by atoms with E-state index in [4.69, 9.17) is 27.9 Å². The molecule has 2 rings (SSSR count). The molecule has 1 heterocycles. The fourth-order valence-corrected chi connectivity index (χ4v) is 3.36. The molecule has 124 valence electrons. The smallest absolute Gasteiger partial charge is 0.307 e. The molecule has 6 heteroatoms. The lowest BCUT2D eigenvalue weighted by molar-refractivity contribution is -0.138. The molecule has 0 saturated heterocycles. The lowest BCUT2D eigenvalue weighted by Gasteiger charge is -2.31. The number of hydrogen-bond acceptors (Lipinski definition) is 3. The molecule has 0 spiro atoms. The quantitative estimate of drug-likeness (QED) is 0.829. The van der Waals surface area contributed by atoms with Gasteiger partial charge in [0.15, 0.2) is 0 Å². The number of rotatable bonds is 3. The summed E-state index contributed by atoms with van der Waals surface area (Å²) in [4.78, 5) is 24.2. The lowest BCUT2D eigenvalue weighted by atomic mass is 9.86. The summed E-state index contributed by atoms with van der Waals surface area (Å²) in [5.41, 5.74) is 0.781. The molecule has 0 fully saturated rings. The number of amides is 1. The Kier molecular flexibility index (Phi) is 4.79. The van der Waals surface area contributed by atoms with E-state index in [-0.39, 0.29) is 17.4 Å². The normalized spacial score (nSPS) is 21.0. The second-order valence-electron chi connectivity index (χ2n) is 6.19. The van der Waals surface area contributed by atoms with Crippen LogP contribution in [-0.2, 0) is 14.3 Å². The average Bonchev–Trinajstić information content (AvgIpc) is 2.62. The highest BCUT2D eigenvalue weighted by atomic mass is 35.5. The van der Waals surface area contributed by atoms with Gasteiger partial charge in [-0.1, -0.05) is 37.0 Å². The minimum Gasteiger partial charge on any atom is -0.428 e. The summed E-state index contributed by atoms with van der Waals surface area (Å²) >= 11 is 12.3. The molecule has 0 radical (unpaired) electrons. The van der Waals surface area contributed by atoms with Crippen LogP contribution in [0.3, 0.4) is 0 Å². The fraction of sp³-hybridized carbons (Fsp3) is 0.412. The zero-order chi connectivity index (χ0) is 17.5. The first-order valence-electron chi connectivity index (χ1n) is 7.29. The summed E-state index contributed by atoms with van der Waals surface area (Å²) < 4.78 is 5.43. The zero-order valence-electron chi connectivity index (χ0n) is 13.7. The van der Waals surface area contributed by atoms with Crippen LogP contribution in [0.5, 0.6) is 0 Å². The third kappa shape index (κ3) is 3.10. The number of hydrogen-bond donors (Lipinski definition) is 1. The number of esters is 1. The molecule has 1 N–H and O–H groups in total. The summed E-state index contributed by atoms with van der Waals surface area (Å²) in [6.07, 6.45) is 0. The molecular weight excluding hydrogens is 337 g/mol. The van der Waals surface area contributed by atoms with E-state index in [1.54, 1.807) is 12.1 Å². The van der Waals surface area contributed by atoms with Gasteiger partial charge in [-0.3, -0.25) is 9.59 Å². The Morgan fingerprint density at radius 2 is 1.91 bits per heavy atom. The van der Waals surface area contributed by atoms with Crippen LogP contribution in [0, 0.1) is 12.8 Å². The van der Waals surface area contributed by atoms with Crippen LogP contribution in [0.4, 0.5) is 0 Å². The monoisotopic (exact) mass is 355 g/mol. The Bertz CT molecular complexity index is 702. The van der Waals surface area contributed by atoms with Gasteiger partial charge in [0.2, 0.25) is 0 Å². The van der Waals surface area contributed by atoms with Gasteiger partial charge in [-0.05, 0) is 37.5 Å². The predicted octanol–water partition coefficient (Wildman–Crippen LogP) is 4.12. The summed E-state index contributed by atoms with van der Waals surface area (Å²) in [6.45, 7) is 8.85. The molecule has 1 aromatic carbocycles. The van der Waals surface area contributed by atoms with Crippen LogP contribution in [0.15, 0.2) is 17.9 Å². The Morgan fingerprint density at radius 1 is 1.30 bits per heavy atom. The Hall–Kier alpha value is -1.52. The van der Waals surface area contributed by atoms with E-state index >= 15 is 0 Å². The van der Waals surface area contributed by atoms with Gasteiger partial charge in [-0.2, -0.15) is 0 Å². The summed E-state index contributed by atoms with van der Waals surface area (Å²) in [6, 6.07) is 3.29. The van der Waals surface area contributed by atoms with Gasteiger partial charge in [0.1, 0.15) is 5.76 Å². The maximum atomic E-state index is 12.6. The molecule has 1 aliphatic rings. The molecule has 0 aromatic heterocycles. The molecule has 1 aromatic rings. The van der Waals surface area contributed by atoms with Crippen molar-refractivity contribution < 1.29 is 14.3 Å². The van der Waals surface area contributed by atoms with Crippen LogP contribution in [0.25, 0.3) is 5.57 Å². The van der Waals surface area contributed by atoms with Gasteiger partial charge in [-0.15, -0.1) is 0 Å². The van der Waals surface area contributed by atoms with Crippen molar-refractivity contribution >= 4 is 40.7 Å². The number of carbonyl (C=O) groups is 2. The van der Waals surface area contributed by atoms with Crippen molar-refractivity contribution in [3.8, 4) is 0 Å². The molecule has 1 atom stereocenters. The van der Waals surface area contributed by atoms with Crippen molar-refractivity contribution in [2.24, 2.45) is 5.92 Å². The summed E-state index contributed by atoms with van der Waals surface area (Å²) in [7, 11) is 0. The number of benzene rings is 1. The fourth-order valence-electron chi connectivity index (χ4n) is 2.67. The maximum Gasteiger partial charge on any atom is 0.307 e. The lowest BCUT2D eigenvalue weighted by Crippen LogP contribution is -2.46. The van der Waals surface area contributed by atoms with E-state index in [9.17, 15) is 9.59 Å². The average molecular weight is 356 g/mol. The van der Waals surface area contributed by atoms with E-state index in [1.165, 1.54) is 6.92 Å². The molecule has 0 saturated carbocycles. The van der Waals surface area contributed by atoms with Crippen LogP contribution in [0.1, 0.15) is 38.8 Å². The van der Waals surface area contributed by atoms with E-state index in [0.29, 0.717) is 21.4 Å². The second-order valence-corrected chi connectivity index (χ2v) is 7.03. The van der Waals surface area contributed by atoms with Crippen LogP contribution < -0.4 is 5.32 Å². The van der Waals surface area contributed by atoms with Crippen molar-refractivity contribution in [1.29, 1.82) is 0 Å². The highest BCUT2D eigenvalue weighted by Crippen LogP contribution is 2.42. The number of ether oxygens (including phenoxy) is 1. The highest BCUT2D eigenvalue weighted by Gasteiger charge is 2.47. The molecule has 1 amide bonds. The van der Waals surface area contributed by atoms with Crippen molar-refractivity contribution in [3.63, 3.8) is 0 Å². The van der Waals surface area contributed by atoms with E-state index in [2.05, 4.69) is 5.32 Å². The predicted molar refractivity (Wildman–Crippen MR) is 91.3 cm³/mol. The van der Waals surface area contributed by atoms with Gasteiger partial charge >= 0.3 is 5.97 Å². The van der Waals surface area contributed by atoms with Gasteiger partial charge in [0.05, 0.1) is 16.1 Å². The summed E-state index contributed by atoms with van der Waals surface area (Å²) in [5, 5.41) is 3.75. The van der Waals surface area contributed by atoms with Gasteiger partial charge in [-0.25, -0.2) is 0 Å². The molecular formula is C17H19Cl2NO3. The molecule has 23 heavy (non-hydrogen) atoms. The van der Waals surface area contributed by atoms with E-state index < -0.39 is 11.5 Å². The van der Waals surface area contributed by atoms with Gasteiger partial charge in [0, 0.05) is 17.5 Å². The topological polar surface area (TPSA) is 55.4 Å². The first kappa shape index (κ1) is 17.8. The van der Waals surface area contributed by atoms with Crippen molar-refractivity contribution in [1.82, 2.24) is 5.32 Å². The van der Waals surface area contributed by atoms with Crippen LogP contribution in [0.2, 0.25) is 10.0 Å². The SMILES string of the molecule is CC(=O)OC1=C(c2c(C)cc(Cl)cc2Cl)C(=O)NC1(C)C(C)C. The maximum absolute atomic E-state index is 12.6. The molecule has 0 aliphatic carbocycles. The minimum absolute atomic E-state index is 0.0182. The first-order chi connectivity index (χ1) is 10.6. The minimum atomic E-state index is -0.784. The number of halogens is 2. The zero-order valence-corrected chi connectivity index (χ0v) is 15.2. The Balaban J connectivity index is 2.78. The third-order valence-electron chi connectivity index (χ3n) is 4.20. The van der Waals surface area contributed by atoms with Gasteiger partial charge < -0.3 is 10.1 Å². The third-order valence-corrected chi connectivity index (χ3v) is 4.72.